The number of likely N-dealkylation sites (tertiary alicyclic amines) is 1. The number of nitrogens with two attached hydrogens (primary N) is 1. The van der Waals surface area contributed by atoms with Crippen LogP contribution in [-0.2, 0) is 12.7 Å². The summed E-state index contributed by atoms with van der Waals surface area (Å²) in [6.07, 6.45) is -1.03. The third-order valence-corrected chi connectivity index (χ3v) is 5.34. The summed E-state index contributed by atoms with van der Waals surface area (Å²) in [6, 6.07) is 3.96. The Morgan fingerprint density at radius 2 is 1.68 bits per heavy atom. The minimum atomic E-state index is -4.36. The molecule has 2 heterocycles. The molecule has 1 aromatic rings. The molecule has 5 nitrogen and oxygen atoms in total. The van der Waals surface area contributed by atoms with E-state index < -0.39 is 11.7 Å². The lowest BCUT2D eigenvalue weighted by Crippen LogP contribution is -2.44. The Kier molecular flexibility index (Phi) is 8.23. The first-order valence-electron chi connectivity index (χ1n) is 9.53. The van der Waals surface area contributed by atoms with Gasteiger partial charge in [-0.25, -0.2) is 4.99 Å². The van der Waals surface area contributed by atoms with Gasteiger partial charge in [0.1, 0.15) is 0 Å². The first kappa shape index (κ1) is 23.1. The zero-order valence-corrected chi connectivity index (χ0v) is 18.5. The number of piperazine rings is 1. The number of halogens is 4. The van der Waals surface area contributed by atoms with Crippen LogP contribution in [0, 0.1) is 0 Å². The summed E-state index contributed by atoms with van der Waals surface area (Å²) in [5.41, 5.74) is 6.87. The van der Waals surface area contributed by atoms with E-state index in [0.717, 1.165) is 63.9 Å². The lowest BCUT2D eigenvalue weighted by Gasteiger charge is -2.35. The summed E-state index contributed by atoms with van der Waals surface area (Å²) in [5.74, 6) is 0.427. The minimum absolute atomic E-state index is 0. The fraction of sp³-hybridized carbons (Fsp3) is 0.632. The summed E-state index contributed by atoms with van der Waals surface area (Å²) < 4.78 is 39.6. The number of piperidine rings is 1. The van der Waals surface area contributed by atoms with Crippen LogP contribution in [0.25, 0.3) is 0 Å². The Morgan fingerprint density at radius 3 is 2.29 bits per heavy atom. The molecule has 0 bridgehead atoms. The van der Waals surface area contributed by atoms with E-state index in [1.807, 2.05) is 4.90 Å². The van der Waals surface area contributed by atoms with Crippen molar-refractivity contribution in [3.63, 3.8) is 0 Å². The van der Waals surface area contributed by atoms with Crippen molar-refractivity contribution in [3.05, 3.63) is 29.3 Å². The highest BCUT2D eigenvalue weighted by molar-refractivity contribution is 14.0. The Labute approximate surface area is 181 Å². The number of likely N-dealkylation sites (N-methyl/N-ethyl adjacent to an activating group) is 1. The number of benzene rings is 1. The van der Waals surface area contributed by atoms with E-state index in [0.29, 0.717) is 11.5 Å². The van der Waals surface area contributed by atoms with Gasteiger partial charge in [-0.05, 0) is 50.1 Å². The molecule has 158 valence electrons. The van der Waals surface area contributed by atoms with Crippen molar-refractivity contribution in [1.29, 1.82) is 0 Å². The molecule has 0 radical (unpaired) electrons. The van der Waals surface area contributed by atoms with Gasteiger partial charge in [-0.3, -0.25) is 0 Å². The van der Waals surface area contributed by atoms with Gasteiger partial charge in [0, 0.05) is 45.0 Å². The van der Waals surface area contributed by atoms with E-state index >= 15 is 0 Å². The molecule has 3 rings (SSSR count). The predicted octanol–water partition coefficient (Wildman–Crippen LogP) is 3.38. The van der Waals surface area contributed by atoms with Crippen LogP contribution in [-0.4, -0.2) is 62.1 Å². The van der Waals surface area contributed by atoms with Crippen LogP contribution in [0.3, 0.4) is 0 Å². The second-order valence-corrected chi connectivity index (χ2v) is 7.35. The fourth-order valence-electron chi connectivity index (χ4n) is 3.63. The van der Waals surface area contributed by atoms with Crippen molar-refractivity contribution in [2.75, 3.05) is 51.2 Å². The quantitative estimate of drug-likeness (QED) is 0.384. The summed E-state index contributed by atoms with van der Waals surface area (Å²) >= 11 is 0. The molecule has 0 saturated carbocycles. The SMILES string of the molecule is CN1CCN(c2ccc(C(F)(F)F)cc2CN=C(N)N2CCCCC2)CC1.I. The Morgan fingerprint density at radius 1 is 1.04 bits per heavy atom. The van der Waals surface area contributed by atoms with Gasteiger partial charge in [0.2, 0.25) is 0 Å². The van der Waals surface area contributed by atoms with Crippen LogP contribution in [0.4, 0.5) is 18.9 Å². The van der Waals surface area contributed by atoms with Crippen molar-refractivity contribution >= 4 is 35.6 Å². The molecular formula is C19H29F3IN5. The van der Waals surface area contributed by atoms with E-state index in [2.05, 4.69) is 21.8 Å². The maximum atomic E-state index is 13.2. The number of alkyl halides is 3. The van der Waals surface area contributed by atoms with Gasteiger partial charge in [0.15, 0.2) is 5.96 Å². The topological polar surface area (TPSA) is 48.1 Å². The maximum Gasteiger partial charge on any atom is 0.416 e. The second-order valence-electron chi connectivity index (χ2n) is 7.35. The minimum Gasteiger partial charge on any atom is -0.370 e. The summed E-state index contributed by atoms with van der Waals surface area (Å²) in [7, 11) is 2.05. The van der Waals surface area contributed by atoms with Crippen molar-refractivity contribution in [3.8, 4) is 0 Å². The van der Waals surface area contributed by atoms with Gasteiger partial charge in [-0.15, -0.1) is 24.0 Å². The molecule has 2 aliphatic heterocycles. The summed E-state index contributed by atoms with van der Waals surface area (Å²) in [4.78, 5) is 10.8. The number of hydrogen-bond acceptors (Lipinski definition) is 3. The molecule has 2 saturated heterocycles. The third kappa shape index (κ3) is 5.88. The van der Waals surface area contributed by atoms with Crippen LogP contribution in [0.15, 0.2) is 23.2 Å². The van der Waals surface area contributed by atoms with E-state index in [4.69, 9.17) is 5.73 Å². The molecule has 0 atom stereocenters. The van der Waals surface area contributed by atoms with Crippen molar-refractivity contribution in [2.24, 2.45) is 10.7 Å². The normalized spacial score (nSPS) is 19.5. The average molecular weight is 511 g/mol. The maximum absolute atomic E-state index is 13.2. The van der Waals surface area contributed by atoms with Gasteiger partial charge >= 0.3 is 6.18 Å². The van der Waals surface area contributed by atoms with E-state index in [1.165, 1.54) is 12.5 Å². The first-order valence-corrected chi connectivity index (χ1v) is 9.53. The number of aliphatic imine (C=N–C) groups is 1. The summed E-state index contributed by atoms with van der Waals surface area (Å²) in [6.45, 7) is 5.25. The predicted molar refractivity (Wildman–Crippen MR) is 117 cm³/mol. The number of nitrogens with zero attached hydrogens (tertiary/aromatic N) is 4. The first-order chi connectivity index (χ1) is 12.8. The zero-order chi connectivity index (χ0) is 19.4. The van der Waals surface area contributed by atoms with Gasteiger partial charge in [-0.1, -0.05) is 0 Å². The van der Waals surface area contributed by atoms with E-state index in [1.54, 1.807) is 6.07 Å². The molecule has 2 fully saturated rings. The number of rotatable bonds is 3. The number of anilines is 1. The van der Waals surface area contributed by atoms with Crippen LogP contribution in [0.1, 0.15) is 30.4 Å². The van der Waals surface area contributed by atoms with Crippen molar-refractivity contribution in [1.82, 2.24) is 9.80 Å². The van der Waals surface area contributed by atoms with E-state index in [9.17, 15) is 13.2 Å². The van der Waals surface area contributed by atoms with Gasteiger partial charge < -0.3 is 20.4 Å². The lowest BCUT2D eigenvalue weighted by atomic mass is 10.1. The highest BCUT2D eigenvalue weighted by atomic mass is 127. The molecule has 1 aromatic carbocycles. The van der Waals surface area contributed by atoms with Crippen LogP contribution >= 0.6 is 24.0 Å². The van der Waals surface area contributed by atoms with Gasteiger partial charge in [-0.2, -0.15) is 13.2 Å². The Balaban J connectivity index is 0.00000280. The third-order valence-electron chi connectivity index (χ3n) is 5.34. The largest absolute Gasteiger partial charge is 0.416 e. The molecule has 28 heavy (non-hydrogen) atoms. The molecule has 0 spiro atoms. The Bertz CT molecular complexity index is 666. The standard InChI is InChI=1S/C19H28F3N5.HI/c1-25-9-11-26(12-10-25)17-6-5-16(19(20,21)22)13-15(17)14-24-18(23)27-7-3-2-4-8-27;/h5-6,13H,2-4,7-12,14H2,1H3,(H2,23,24);1H. The molecular weight excluding hydrogens is 482 g/mol. The van der Waals surface area contributed by atoms with Crippen LogP contribution < -0.4 is 10.6 Å². The highest BCUT2D eigenvalue weighted by Gasteiger charge is 2.31. The smallest absolute Gasteiger partial charge is 0.370 e. The molecule has 2 N–H and O–H groups in total. The average Bonchev–Trinajstić information content (AvgIpc) is 2.66. The summed E-state index contributed by atoms with van der Waals surface area (Å²) in [5, 5.41) is 0. The fourth-order valence-corrected chi connectivity index (χ4v) is 3.63. The Hall–Kier alpha value is -1.23. The molecule has 0 amide bonds. The van der Waals surface area contributed by atoms with Gasteiger partial charge in [0.25, 0.3) is 0 Å². The molecule has 0 unspecified atom stereocenters. The number of hydrogen-bond donors (Lipinski definition) is 1. The lowest BCUT2D eigenvalue weighted by molar-refractivity contribution is -0.137. The number of guanidine groups is 1. The van der Waals surface area contributed by atoms with E-state index in [-0.39, 0.29) is 30.5 Å². The molecule has 9 heteroatoms. The van der Waals surface area contributed by atoms with Crippen molar-refractivity contribution in [2.45, 2.75) is 32.0 Å². The monoisotopic (exact) mass is 511 g/mol. The molecule has 2 aliphatic rings. The van der Waals surface area contributed by atoms with Crippen LogP contribution in [0.5, 0.6) is 0 Å². The zero-order valence-electron chi connectivity index (χ0n) is 16.2. The van der Waals surface area contributed by atoms with Crippen LogP contribution in [0.2, 0.25) is 0 Å². The highest BCUT2D eigenvalue weighted by Crippen LogP contribution is 2.33. The molecule has 0 aliphatic carbocycles. The van der Waals surface area contributed by atoms with Gasteiger partial charge in [0.05, 0.1) is 12.1 Å². The van der Waals surface area contributed by atoms with Crippen molar-refractivity contribution < 1.29 is 13.2 Å². The molecule has 0 aromatic heterocycles. The second kappa shape index (κ2) is 10.00.